The molecule has 1 heterocycles. The molecule has 0 atom stereocenters. The van der Waals surface area contributed by atoms with Crippen molar-refractivity contribution in [3.8, 4) is 0 Å². The summed E-state index contributed by atoms with van der Waals surface area (Å²) in [5, 5.41) is 8.85. The van der Waals surface area contributed by atoms with Gasteiger partial charge in [0.2, 0.25) is 0 Å². The summed E-state index contributed by atoms with van der Waals surface area (Å²) in [6, 6.07) is 0. The predicted molar refractivity (Wildman–Crippen MR) is 59.3 cm³/mol. The summed E-state index contributed by atoms with van der Waals surface area (Å²) in [4.78, 5) is 23.4. The van der Waals surface area contributed by atoms with Gasteiger partial charge in [-0.25, -0.2) is 4.79 Å². The van der Waals surface area contributed by atoms with Crippen molar-refractivity contribution in [2.24, 2.45) is 11.8 Å². The van der Waals surface area contributed by atoms with Gasteiger partial charge in [-0.1, -0.05) is 0 Å². The topological polar surface area (TPSA) is 57.6 Å². The molecule has 1 amide bonds. The Bertz CT molecular complexity index is 272. The van der Waals surface area contributed by atoms with Gasteiger partial charge in [-0.15, -0.1) is 0 Å². The number of likely N-dealkylation sites (tertiary alicyclic amines) is 1. The Morgan fingerprint density at radius 1 is 1.06 bits per heavy atom. The fourth-order valence-corrected chi connectivity index (χ4v) is 3.00. The average molecular weight is 225 g/mol. The van der Waals surface area contributed by atoms with Crippen molar-refractivity contribution in [3.63, 3.8) is 0 Å². The summed E-state index contributed by atoms with van der Waals surface area (Å²) in [7, 11) is 0. The van der Waals surface area contributed by atoms with Gasteiger partial charge < -0.3 is 10.0 Å². The molecular formula is C12H19NO3. The molecule has 90 valence electrons. The fraction of sp³-hybridized carbons (Fsp3) is 0.833. The Balaban J connectivity index is 1.80. The van der Waals surface area contributed by atoms with E-state index in [0.717, 1.165) is 38.5 Å². The lowest BCUT2D eigenvalue weighted by Crippen LogP contribution is -2.39. The summed E-state index contributed by atoms with van der Waals surface area (Å²) in [5.41, 5.74) is 0. The zero-order valence-corrected chi connectivity index (χ0v) is 9.52. The predicted octanol–water partition coefficient (Wildman–Crippen LogP) is 2.14. The number of Topliss-reactive ketones (excluding diaryl/α,β-unsaturated/α-hetero) is 1. The molecule has 2 fully saturated rings. The molecule has 1 aliphatic heterocycles. The Hall–Kier alpha value is -1.06. The Kier molecular flexibility index (Phi) is 3.46. The number of piperidine rings is 1. The zero-order chi connectivity index (χ0) is 11.5. The second-order valence-electron chi connectivity index (χ2n) is 4.98. The molecule has 4 nitrogen and oxygen atoms in total. The van der Waals surface area contributed by atoms with Crippen LogP contribution >= 0.6 is 0 Å². The average Bonchev–Trinajstić information content (AvgIpc) is 2.30. The summed E-state index contributed by atoms with van der Waals surface area (Å²) < 4.78 is 0. The quantitative estimate of drug-likeness (QED) is 0.743. The van der Waals surface area contributed by atoms with Crippen LogP contribution in [-0.2, 0) is 4.79 Å². The highest BCUT2D eigenvalue weighted by molar-refractivity contribution is 5.79. The molecule has 1 saturated heterocycles. The van der Waals surface area contributed by atoms with Crippen LogP contribution < -0.4 is 0 Å². The van der Waals surface area contributed by atoms with E-state index in [1.807, 2.05) is 0 Å². The number of ketones is 1. The van der Waals surface area contributed by atoms with E-state index in [1.54, 1.807) is 0 Å². The standard InChI is InChI=1S/C12H19NO3/c14-11-3-1-9(2-4-11)10-5-7-13(8-6-10)12(15)16/h9-10H,1-8H2,(H,15,16). The maximum Gasteiger partial charge on any atom is 0.407 e. The van der Waals surface area contributed by atoms with Crippen molar-refractivity contribution in [1.82, 2.24) is 4.90 Å². The maximum absolute atomic E-state index is 11.1. The lowest BCUT2D eigenvalue weighted by atomic mass is 9.75. The number of hydrogen-bond acceptors (Lipinski definition) is 2. The smallest absolute Gasteiger partial charge is 0.407 e. The minimum atomic E-state index is -0.794. The molecule has 0 aromatic heterocycles. The normalized spacial score (nSPS) is 24.8. The summed E-state index contributed by atoms with van der Waals surface area (Å²) in [6.45, 7) is 1.34. The lowest BCUT2D eigenvalue weighted by Gasteiger charge is -2.36. The first kappa shape index (κ1) is 11.4. The number of carbonyl (C=O) groups is 2. The second-order valence-corrected chi connectivity index (χ2v) is 4.98. The van der Waals surface area contributed by atoms with E-state index < -0.39 is 6.09 Å². The number of carbonyl (C=O) groups excluding carboxylic acids is 1. The summed E-state index contributed by atoms with van der Waals surface area (Å²) in [6.07, 6.45) is 4.69. The van der Waals surface area contributed by atoms with Gasteiger partial charge in [0, 0.05) is 25.9 Å². The highest BCUT2D eigenvalue weighted by atomic mass is 16.4. The van der Waals surface area contributed by atoms with Crippen molar-refractivity contribution >= 4 is 11.9 Å². The fourth-order valence-electron chi connectivity index (χ4n) is 3.00. The Labute approximate surface area is 95.6 Å². The van der Waals surface area contributed by atoms with Crippen molar-refractivity contribution in [2.75, 3.05) is 13.1 Å². The third kappa shape index (κ3) is 2.54. The van der Waals surface area contributed by atoms with E-state index >= 15 is 0 Å². The van der Waals surface area contributed by atoms with Crippen molar-refractivity contribution < 1.29 is 14.7 Å². The summed E-state index contributed by atoms with van der Waals surface area (Å²) in [5.74, 6) is 1.71. The lowest BCUT2D eigenvalue weighted by molar-refractivity contribution is -0.121. The van der Waals surface area contributed by atoms with Gasteiger partial charge in [0.05, 0.1) is 0 Å². The maximum atomic E-state index is 11.1. The highest BCUT2D eigenvalue weighted by Crippen LogP contribution is 2.34. The van der Waals surface area contributed by atoms with Crippen LogP contribution in [0.2, 0.25) is 0 Å². The Morgan fingerprint density at radius 3 is 2.06 bits per heavy atom. The second kappa shape index (κ2) is 4.85. The number of amides is 1. The minimum Gasteiger partial charge on any atom is -0.465 e. The van der Waals surface area contributed by atoms with E-state index in [9.17, 15) is 9.59 Å². The molecule has 2 aliphatic rings. The van der Waals surface area contributed by atoms with E-state index in [-0.39, 0.29) is 0 Å². The number of carboxylic acid groups (broad SMARTS) is 1. The van der Waals surface area contributed by atoms with Crippen LogP contribution in [0.3, 0.4) is 0 Å². The van der Waals surface area contributed by atoms with Crippen LogP contribution in [0, 0.1) is 11.8 Å². The van der Waals surface area contributed by atoms with E-state index in [2.05, 4.69) is 0 Å². The molecule has 1 aliphatic carbocycles. The third-order valence-electron chi connectivity index (χ3n) is 4.06. The van der Waals surface area contributed by atoms with Gasteiger partial charge in [-0.2, -0.15) is 0 Å². The van der Waals surface area contributed by atoms with Gasteiger partial charge >= 0.3 is 6.09 Å². The molecule has 1 saturated carbocycles. The van der Waals surface area contributed by atoms with Crippen LogP contribution in [0.25, 0.3) is 0 Å². The molecule has 0 aromatic rings. The number of rotatable bonds is 1. The highest BCUT2D eigenvalue weighted by Gasteiger charge is 2.30. The van der Waals surface area contributed by atoms with Crippen molar-refractivity contribution in [3.05, 3.63) is 0 Å². The van der Waals surface area contributed by atoms with Gasteiger partial charge in [-0.3, -0.25) is 4.79 Å². The molecule has 1 N–H and O–H groups in total. The van der Waals surface area contributed by atoms with Crippen LogP contribution in [-0.4, -0.2) is 35.0 Å². The van der Waals surface area contributed by atoms with Gasteiger partial charge in [0.15, 0.2) is 0 Å². The first-order chi connectivity index (χ1) is 7.66. The largest absolute Gasteiger partial charge is 0.465 e. The van der Waals surface area contributed by atoms with Crippen LogP contribution in [0.15, 0.2) is 0 Å². The molecule has 4 heteroatoms. The molecule has 0 aromatic carbocycles. The molecule has 0 radical (unpaired) electrons. The molecule has 0 unspecified atom stereocenters. The molecule has 16 heavy (non-hydrogen) atoms. The molecule has 2 rings (SSSR count). The first-order valence-electron chi connectivity index (χ1n) is 6.16. The molecular weight excluding hydrogens is 206 g/mol. The van der Waals surface area contributed by atoms with Crippen molar-refractivity contribution in [1.29, 1.82) is 0 Å². The number of hydrogen-bond donors (Lipinski definition) is 1. The monoisotopic (exact) mass is 225 g/mol. The van der Waals surface area contributed by atoms with Gasteiger partial charge in [0.25, 0.3) is 0 Å². The van der Waals surface area contributed by atoms with Crippen molar-refractivity contribution in [2.45, 2.75) is 38.5 Å². The summed E-state index contributed by atoms with van der Waals surface area (Å²) >= 11 is 0. The van der Waals surface area contributed by atoms with E-state index in [1.165, 1.54) is 4.90 Å². The first-order valence-corrected chi connectivity index (χ1v) is 6.16. The van der Waals surface area contributed by atoms with Crippen LogP contribution in [0.5, 0.6) is 0 Å². The third-order valence-corrected chi connectivity index (χ3v) is 4.06. The van der Waals surface area contributed by atoms with Crippen LogP contribution in [0.4, 0.5) is 4.79 Å². The number of nitrogens with zero attached hydrogens (tertiary/aromatic N) is 1. The van der Waals surface area contributed by atoms with E-state index in [0.29, 0.717) is 30.7 Å². The SMILES string of the molecule is O=C1CCC(C2CCN(C(=O)O)CC2)CC1. The van der Waals surface area contributed by atoms with E-state index in [4.69, 9.17) is 5.11 Å². The van der Waals surface area contributed by atoms with Gasteiger partial charge in [-0.05, 0) is 37.5 Å². The Morgan fingerprint density at radius 2 is 1.56 bits per heavy atom. The van der Waals surface area contributed by atoms with Crippen LogP contribution in [0.1, 0.15) is 38.5 Å². The molecule has 0 spiro atoms. The van der Waals surface area contributed by atoms with Gasteiger partial charge in [0.1, 0.15) is 5.78 Å². The minimum absolute atomic E-state index is 0.402. The molecule has 0 bridgehead atoms. The zero-order valence-electron chi connectivity index (χ0n) is 9.52.